The van der Waals surface area contributed by atoms with E-state index >= 15 is 0 Å². The number of aryl methyl sites for hydroxylation is 1. The minimum Gasteiger partial charge on any atom is -0.390 e. The molecular formula is C17H18FN5O2. The zero-order valence-corrected chi connectivity index (χ0v) is 13.5. The molecule has 3 heterocycles. The molecule has 0 bridgehead atoms. The molecule has 1 aliphatic rings. The molecule has 0 unspecified atom stereocenters. The Kier molecular flexibility index (Phi) is 3.96. The second-order valence-electron chi connectivity index (χ2n) is 6.20. The Bertz CT molecular complexity index is 919. The number of aromatic nitrogens is 4. The molecule has 0 spiro atoms. The summed E-state index contributed by atoms with van der Waals surface area (Å²) in [6, 6.07) is 4.39. The third-order valence-electron chi connectivity index (χ3n) is 4.59. The Hall–Kier alpha value is -2.74. The molecule has 3 aromatic rings. The summed E-state index contributed by atoms with van der Waals surface area (Å²) in [4.78, 5) is 21.7. The zero-order valence-electron chi connectivity index (χ0n) is 13.5. The van der Waals surface area contributed by atoms with Crippen LogP contribution in [0.2, 0.25) is 0 Å². The van der Waals surface area contributed by atoms with Crippen molar-refractivity contribution in [1.29, 1.82) is 0 Å². The first kappa shape index (κ1) is 15.8. The number of imidazole rings is 1. The number of carbonyl (C=O) groups excluding carboxylic acids is 1. The number of amides is 1. The number of H-pyrrole nitrogens is 2. The summed E-state index contributed by atoms with van der Waals surface area (Å²) < 4.78 is 13.2. The number of hydrogen-bond acceptors (Lipinski definition) is 4. The second-order valence-corrected chi connectivity index (χ2v) is 6.20. The molecule has 1 amide bonds. The number of nitrogens with one attached hydrogen (secondary N) is 2. The largest absolute Gasteiger partial charge is 0.390 e. The number of aliphatic hydroxyl groups excluding tert-OH is 1. The van der Waals surface area contributed by atoms with Gasteiger partial charge in [-0.3, -0.25) is 9.89 Å². The third-order valence-corrected chi connectivity index (χ3v) is 4.59. The SMILES string of the molecule is O=C(CCc1nc2ccc(F)cc2[nH]1)N1CCc2[nH]nc(CO)c2C1. The molecule has 1 aromatic carbocycles. The van der Waals surface area contributed by atoms with Crippen LogP contribution in [0.3, 0.4) is 0 Å². The lowest BCUT2D eigenvalue weighted by Crippen LogP contribution is -2.36. The van der Waals surface area contributed by atoms with Crippen molar-refractivity contribution in [2.45, 2.75) is 32.4 Å². The topological polar surface area (TPSA) is 97.9 Å². The van der Waals surface area contributed by atoms with Gasteiger partial charge in [-0.2, -0.15) is 5.10 Å². The van der Waals surface area contributed by atoms with Gasteiger partial charge in [-0.15, -0.1) is 0 Å². The Balaban J connectivity index is 1.41. The van der Waals surface area contributed by atoms with Crippen LogP contribution in [-0.4, -0.2) is 42.6 Å². The van der Waals surface area contributed by atoms with Gasteiger partial charge in [0.1, 0.15) is 11.6 Å². The van der Waals surface area contributed by atoms with Crippen molar-refractivity contribution < 1.29 is 14.3 Å². The van der Waals surface area contributed by atoms with Gasteiger partial charge < -0.3 is 15.0 Å². The summed E-state index contributed by atoms with van der Waals surface area (Å²) in [6.45, 7) is 0.958. The minimum atomic E-state index is -0.317. The van der Waals surface area contributed by atoms with Gasteiger partial charge in [0.15, 0.2) is 0 Å². The standard InChI is InChI=1S/C17H18FN5O2/c18-10-1-2-13-14(7-10)20-16(19-13)3-4-17(25)23-6-5-12-11(8-23)15(9-24)22-21-12/h1-2,7,24H,3-6,8-9H2,(H,19,20)(H,21,22). The van der Waals surface area contributed by atoms with E-state index in [1.165, 1.54) is 12.1 Å². The summed E-state index contributed by atoms with van der Waals surface area (Å²) in [5, 5.41) is 16.3. The lowest BCUT2D eigenvalue weighted by atomic mass is 10.0. The molecule has 0 aliphatic carbocycles. The summed E-state index contributed by atoms with van der Waals surface area (Å²) in [7, 11) is 0. The summed E-state index contributed by atoms with van der Waals surface area (Å²) >= 11 is 0. The normalized spacial score (nSPS) is 14.1. The first-order valence-corrected chi connectivity index (χ1v) is 8.22. The highest BCUT2D eigenvalue weighted by molar-refractivity contribution is 5.77. The van der Waals surface area contributed by atoms with Crippen LogP contribution in [0.15, 0.2) is 18.2 Å². The molecule has 0 saturated heterocycles. The van der Waals surface area contributed by atoms with E-state index in [1.54, 1.807) is 11.0 Å². The van der Waals surface area contributed by atoms with Gasteiger partial charge in [0, 0.05) is 43.6 Å². The molecule has 0 atom stereocenters. The van der Waals surface area contributed by atoms with Crippen molar-refractivity contribution in [3.63, 3.8) is 0 Å². The molecule has 0 saturated carbocycles. The van der Waals surface area contributed by atoms with E-state index in [4.69, 9.17) is 0 Å². The fourth-order valence-electron chi connectivity index (χ4n) is 3.23. The van der Waals surface area contributed by atoms with Crippen LogP contribution in [0.25, 0.3) is 11.0 Å². The monoisotopic (exact) mass is 343 g/mol. The Morgan fingerprint density at radius 3 is 3.12 bits per heavy atom. The van der Waals surface area contributed by atoms with Gasteiger partial charge in [-0.25, -0.2) is 9.37 Å². The maximum absolute atomic E-state index is 13.2. The van der Waals surface area contributed by atoms with Crippen molar-refractivity contribution in [1.82, 2.24) is 25.1 Å². The van der Waals surface area contributed by atoms with Crippen LogP contribution in [-0.2, 0) is 30.8 Å². The highest BCUT2D eigenvalue weighted by Gasteiger charge is 2.24. The van der Waals surface area contributed by atoms with Crippen molar-refractivity contribution in [3.05, 3.63) is 46.8 Å². The van der Waals surface area contributed by atoms with Crippen molar-refractivity contribution in [2.24, 2.45) is 0 Å². The van der Waals surface area contributed by atoms with Crippen LogP contribution >= 0.6 is 0 Å². The van der Waals surface area contributed by atoms with E-state index in [0.29, 0.717) is 54.9 Å². The van der Waals surface area contributed by atoms with Crippen LogP contribution in [0, 0.1) is 5.82 Å². The zero-order chi connectivity index (χ0) is 17.4. The predicted octanol–water partition coefficient (Wildman–Crippen LogP) is 1.43. The third kappa shape index (κ3) is 3.00. The number of halogens is 1. The number of rotatable bonds is 4. The quantitative estimate of drug-likeness (QED) is 0.667. The Morgan fingerprint density at radius 1 is 1.40 bits per heavy atom. The Labute approximate surface area is 142 Å². The van der Waals surface area contributed by atoms with Crippen molar-refractivity contribution >= 4 is 16.9 Å². The fourth-order valence-corrected chi connectivity index (χ4v) is 3.23. The van der Waals surface area contributed by atoms with Crippen LogP contribution in [0.1, 0.15) is 29.2 Å². The molecule has 1 aliphatic heterocycles. The predicted molar refractivity (Wildman–Crippen MR) is 88.0 cm³/mol. The minimum absolute atomic E-state index is 0.0300. The first-order chi connectivity index (χ1) is 12.1. The number of nitrogens with zero attached hydrogens (tertiary/aromatic N) is 3. The summed E-state index contributed by atoms with van der Waals surface area (Å²) in [5.41, 5.74) is 3.84. The smallest absolute Gasteiger partial charge is 0.223 e. The van der Waals surface area contributed by atoms with E-state index in [1.807, 2.05) is 0 Å². The number of benzene rings is 1. The van der Waals surface area contributed by atoms with E-state index in [0.717, 1.165) is 11.3 Å². The van der Waals surface area contributed by atoms with Gasteiger partial charge in [0.25, 0.3) is 0 Å². The van der Waals surface area contributed by atoms with Crippen LogP contribution in [0.5, 0.6) is 0 Å². The molecule has 25 heavy (non-hydrogen) atoms. The van der Waals surface area contributed by atoms with Gasteiger partial charge in [0.2, 0.25) is 5.91 Å². The van der Waals surface area contributed by atoms with Gasteiger partial charge >= 0.3 is 0 Å². The lowest BCUT2D eigenvalue weighted by Gasteiger charge is -2.27. The van der Waals surface area contributed by atoms with Gasteiger partial charge in [0.05, 0.1) is 23.3 Å². The number of carbonyl (C=O) groups is 1. The molecule has 3 N–H and O–H groups in total. The summed E-state index contributed by atoms with van der Waals surface area (Å²) in [5.74, 6) is 0.385. The number of aliphatic hydroxyl groups is 1. The van der Waals surface area contributed by atoms with E-state index in [9.17, 15) is 14.3 Å². The van der Waals surface area contributed by atoms with Crippen LogP contribution in [0.4, 0.5) is 4.39 Å². The maximum atomic E-state index is 13.2. The average Bonchev–Trinajstić information content (AvgIpc) is 3.21. The van der Waals surface area contributed by atoms with E-state index < -0.39 is 0 Å². The number of fused-ring (bicyclic) bond motifs is 2. The Morgan fingerprint density at radius 2 is 2.28 bits per heavy atom. The average molecular weight is 343 g/mol. The van der Waals surface area contributed by atoms with Crippen molar-refractivity contribution in [2.75, 3.05) is 6.54 Å². The number of hydrogen-bond donors (Lipinski definition) is 3. The van der Waals surface area contributed by atoms with E-state index in [-0.39, 0.29) is 18.3 Å². The molecule has 130 valence electrons. The molecular weight excluding hydrogens is 325 g/mol. The molecule has 4 rings (SSSR count). The fraction of sp³-hybridized carbons (Fsp3) is 0.353. The molecule has 7 nitrogen and oxygen atoms in total. The highest BCUT2D eigenvalue weighted by Crippen LogP contribution is 2.21. The first-order valence-electron chi connectivity index (χ1n) is 8.22. The summed E-state index contributed by atoms with van der Waals surface area (Å²) in [6.07, 6.45) is 1.50. The van der Waals surface area contributed by atoms with Crippen molar-refractivity contribution in [3.8, 4) is 0 Å². The second kappa shape index (κ2) is 6.29. The highest BCUT2D eigenvalue weighted by atomic mass is 19.1. The molecule has 8 heteroatoms. The van der Waals surface area contributed by atoms with E-state index in [2.05, 4.69) is 20.2 Å². The van der Waals surface area contributed by atoms with Gasteiger partial charge in [-0.05, 0) is 18.2 Å². The molecule has 2 aromatic heterocycles. The molecule has 0 radical (unpaired) electrons. The molecule has 0 fully saturated rings. The van der Waals surface area contributed by atoms with Gasteiger partial charge in [-0.1, -0.05) is 0 Å². The van der Waals surface area contributed by atoms with Crippen LogP contribution < -0.4 is 0 Å². The number of aromatic amines is 2. The lowest BCUT2D eigenvalue weighted by molar-refractivity contribution is -0.132. The maximum Gasteiger partial charge on any atom is 0.223 e.